The fourth-order valence-electron chi connectivity index (χ4n) is 3.48. The zero-order valence-electron chi connectivity index (χ0n) is 15.9. The second kappa shape index (κ2) is 7.38. The molecule has 0 fully saturated rings. The fraction of sp³-hybridized carbons (Fsp3) is 0.350. The van der Waals surface area contributed by atoms with Crippen molar-refractivity contribution in [2.45, 2.75) is 31.8 Å². The van der Waals surface area contributed by atoms with E-state index in [9.17, 15) is 9.59 Å². The van der Waals surface area contributed by atoms with Crippen LogP contribution in [0.3, 0.4) is 0 Å². The first-order chi connectivity index (χ1) is 13.5. The fourth-order valence-corrected chi connectivity index (χ4v) is 3.48. The van der Waals surface area contributed by atoms with Crippen LogP contribution in [0, 0.1) is 0 Å². The summed E-state index contributed by atoms with van der Waals surface area (Å²) in [4.78, 5) is 40.1. The van der Waals surface area contributed by atoms with Crippen LogP contribution in [0.4, 0.5) is 5.95 Å². The molecule has 2 aromatic heterocycles. The molecule has 4 rings (SSSR count). The lowest BCUT2D eigenvalue weighted by atomic mass is 9.93. The van der Waals surface area contributed by atoms with Gasteiger partial charge in [-0.2, -0.15) is 0 Å². The van der Waals surface area contributed by atoms with Gasteiger partial charge in [-0.05, 0) is 37.0 Å². The highest BCUT2D eigenvalue weighted by molar-refractivity contribution is 5.79. The van der Waals surface area contributed by atoms with Gasteiger partial charge in [0.25, 0.3) is 5.56 Å². The lowest BCUT2D eigenvalue weighted by Crippen LogP contribution is -2.42. The van der Waals surface area contributed by atoms with Crippen LogP contribution >= 0.6 is 0 Å². The summed E-state index contributed by atoms with van der Waals surface area (Å²) in [6.45, 7) is -0.0455. The van der Waals surface area contributed by atoms with Gasteiger partial charge in [0.2, 0.25) is 11.9 Å². The summed E-state index contributed by atoms with van der Waals surface area (Å²) in [5.41, 5.74) is 2.52. The predicted octanol–water partition coefficient (Wildman–Crippen LogP) is 0.926. The maximum Gasteiger partial charge on any atom is 0.261 e. The topological polar surface area (TPSA) is 93.0 Å². The summed E-state index contributed by atoms with van der Waals surface area (Å²) < 4.78 is 1.35. The number of hydrogen-bond donors (Lipinski definition) is 1. The molecular weight excluding hydrogens is 356 g/mol. The number of nitrogens with one attached hydrogen (secondary N) is 1. The number of carbonyl (C=O) groups excluding carboxylic acids is 1. The molecule has 1 amide bonds. The Morgan fingerprint density at radius 3 is 2.93 bits per heavy atom. The van der Waals surface area contributed by atoms with Crippen molar-refractivity contribution < 1.29 is 4.79 Å². The molecule has 0 spiro atoms. The van der Waals surface area contributed by atoms with E-state index in [0.717, 1.165) is 24.1 Å². The Morgan fingerprint density at radius 2 is 2.11 bits per heavy atom. The van der Waals surface area contributed by atoms with Crippen molar-refractivity contribution in [1.29, 1.82) is 0 Å². The van der Waals surface area contributed by atoms with Crippen LogP contribution in [0.2, 0.25) is 0 Å². The van der Waals surface area contributed by atoms with Gasteiger partial charge in [-0.1, -0.05) is 12.1 Å². The molecule has 3 aromatic rings. The highest BCUT2D eigenvalue weighted by Crippen LogP contribution is 2.21. The second-order valence-corrected chi connectivity index (χ2v) is 7.24. The molecule has 28 heavy (non-hydrogen) atoms. The predicted molar refractivity (Wildman–Crippen MR) is 106 cm³/mol. The zero-order chi connectivity index (χ0) is 19.7. The van der Waals surface area contributed by atoms with Gasteiger partial charge in [0.05, 0.1) is 17.2 Å². The van der Waals surface area contributed by atoms with E-state index in [1.54, 1.807) is 18.2 Å². The third-order valence-electron chi connectivity index (χ3n) is 4.95. The Hall–Kier alpha value is -3.29. The van der Waals surface area contributed by atoms with E-state index in [2.05, 4.69) is 20.3 Å². The molecule has 0 bridgehead atoms. The quantitative estimate of drug-likeness (QED) is 0.726. The molecule has 0 saturated carbocycles. The molecule has 1 N–H and O–H groups in total. The summed E-state index contributed by atoms with van der Waals surface area (Å²) >= 11 is 0. The van der Waals surface area contributed by atoms with Crippen molar-refractivity contribution in [3.8, 4) is 0 Å². The molecular formula is C20H22N6O2. The number of carbonyl (C=O) groups is 1. The minimum Gasteiger partial charge on any atom is -0.351 e. The molecule has 8 heteroatoms. The third kappa shape index (κ3) is 3.58. The minimum atomic E-state index is -0.209. The van der Waals surface area contributed by atoms with Gasteiger partial charge in [-0.15, -0.1) is 0 Å². The molecule has 8 nitrogen and oxygen atoms in total. The Morgan fingerprint density at radius 1 is 1.29 bits per heavy atom. The van der Waals surface area contributed by atoms with Gasteiger partial charge in [0.15, 0.2) is 0 Å². The largest absolute Gasteiger partial charge is 0.351 e. The van der Waals surface area contributed by atoms with Crippen LogP contribution in [-0.4, -0.2) is 45.6 Å². The zero-order valence-corrected chi connectivity index (χ0v) is 15.9. The number of para-hydroxylation sites is 1. The molecule has 144 valence electrons. The number of hydrogen-bond acceptors (Lipinski definition) is 6. The first-order valence-corrected chi connectivity index (χ1v) is 9.27. The highest BCUT2D eigenvalue weighted by atomic mass is 16.2. The summed E-state index contributed by atoms with van der Waals surface area (Å²) in [7, 11) is 3.83. The third-order valence-corrected chi connectivity index (χ3v) is 4.95. The van der Waals surface area contributed by atoms with Crippen molar-refractivity contribution in [2.24, 2.45) is 0 Å². The Bertz CT molecular complexity index is 1090. The Kier molecular flexibility index (Phi) is 4.77. The van der Waals surface area contributed by atoms with Crippen molar-refractivity contribution in [2.75, 3.05) is 19.0 Å². The maximum absolute atomic E-state index is 12.5. The monoisotopic (exact) mass is 378 g/mol. The highest BCUT2D eigenvalue weighted by Gasteiger charge is 2.22. The average Bonchev–Trinajstić information content (AvgIpc) is 2.70. The van der Waals surface area contributed by atoms with Gasteiger partial charge in [-0.3, -0.25) is 14.2 Å². The van der Waals surface area contributed by atoms with Gasteiger partial charge in [-0.25, -0.2) is 15.0 Å². The lowest BCUT2D eigenvalue weighted by Gasteiger charge is -2.25. The van der Waals surface area contributed by atoms with Crippen molar-refractivity contribution in [3.05, 3.63) is 58.4 Å². The average molecular weight is 378 g/mol. The van der Waals surface area contributed by atoms with E-state index in [-0.39, 0.29) is 24.1 Å². The summed E-state index contributed by atoms with van der Waals surface area (Å²) in [5.74, 6) is 0.503. The molecule has 1 aromatic carbocycles. The number of fused-ring (bicyclic) bond motifs is 2. The van der Waals surface area contributed by atoms with E-state index >= 15 is 0 Å². The number of benzene rings is 1. The smallest absolute Gasteiger partial charge is 0.261 e. The van der Waals surface area contributed by atoms with Crippen LogP contribution < -0.4 is 15.8 Å². The first kappa shape index (κ1) is 18.1. The summed E-state index contributed by atoms with van der Waals surface area (Å²) in [6, 6.07) is 7.14. The van der Waals surface area contributed by atoms with Crippen LogP contribution in [-0.2, 0) is 24.2 Å². The molecule has 1 aliphatic carbocycles. The minimum absolute atomic E-state index is 0.0120. The summed E-state index contributed by atoms with van der Waals surface area (Å²) in [6.07, 6.45) is 5.57. The normalized spacial score (nSPS) is 15.9. The molecule has 2 heterocycles. The molecule has 1 aliphatic rings. The van der Waals surface area contributed by atoms with Gasteiger partial charge < -0.3 is 10.2 Å². The van der Waals surface area contributed by atoms with Gasteiger partial charge >= 0.3 is 0 Å². The molecule has 1 unspecified atom stereocenters. The number of amides is 1. The van der Waals surface area contributed by atoms with Gasteiger partial charge in [0.1, 0.15) is 6.54 Å². The lowest BCUT2D eigenvalue weighted by molar-refractivity contribution is -0.122. The van der Waals surface area contributed by atoms with Crippen molar-refractivity contribution in [3.63, 3.8) is 0 Å². The Labute approximate surface area is 162 Å². The molecule has 0 radical (unpaired) electrons. The Balaban J connectivity index is 1.44. The number of aryl methyl sites for hydroxylation is 1. The van der Waals surface area contributed by atoms with E-state index in [1.807, 2.05) is 31.3 Å². The number of aromatic nitrogens is 4. The van der Waals surface area contributed by atoms with Gasteiger partial charge in [0, 0.05) is 32.0 Å². The van der Waals surface area contributed by atoms with Crippen LogP contribution in [0.1, 0.15) is 17.7 Å². The number of anilines is 1. The molecule has 0 saturated heterocycles. The standard InChI is InChI=1S/C20H22N6O2/c1-25(2)20-21-10-13-9-14(7-8-16(13)24-20)23-18(27)11-26-12-22-17-6-4-3-5-15(17)19(26)28/h3-6,10,12,14H,7-9,11H2,1-2H3,(H,23,27). The maximum atomic E-state index is 12.5. The second-order valence-electron chi connectivity index (χ2n) is 7.24. The molecule has 0 aliphatic heterocycles. The van der Waals surface area contributed by atoms with E-state index in [1.165, 1.54) is 10.9 Å². The SMILES string of the molecule is CN(C)c1ncc2c(n1)CCC(NC(=O)Cn1cnc3ccccc3c1=O)C2. The van der Waals surface area contributed by atoms with Crippen LogP contribution in [0.15, 0.2) is 41.6 Å². The van der Waals surface area contributed by atoms with Crippen molar-refractivity contribution in [1.82, 2.24) is 24.8 Å². The first-order valence-electron chi connectivity index (χ1n) is 9.27. The molecule has 1 atom stereocenters. The van der Waals surface area contributed by atoms with E-state index in [4.69, 9.17) is 0 Å². The van der Waals surface area contributed by atoms with Crippen LogP contribution in [0.5, 0.6) is 0 Å². The van der Waals surface area contributed by atoms with E-state index in [0.29, 0.717) is 23.3 Å². The van der Waals surface area contributed by atoms with Crippen molar-refractivity contribution >= 4 is 22.8 Å². The number of nitrogens with zero attached hydrogens (tertiary/aromatic N) is 5. The number of rotatable bonds is 4. The van der Waals surface area contributed by atoms with E-state index < -0.39 is 0 Å². The van der Waals surface area contributed by atoms with Crippen LogP contribution in [0.25, 0.3) is 10.9 Å². The summed E-state index contributed by atoms with van der Waals surface area (Å²) in [5, 5.41) is 3.54.